The van der Waals surface area contributed by atoms with E-state index in [0.717, 1.165) is 6.07 Å². The normalized spacial score (nSPS) is 11.2. The molecule has 19 heavy (non-hydrogen) atoms. The van der Waals surface area contributed by atoms with Gasteiger partial charge < -0.3 is 10.4 Å². The molecule has 1 amide bonds. The van der Waals surface area contributed by atoms with Gasteiger partial charge in [0.25, 0.3) is 0 Å². The number of nitrogens with one attached hydrogen (secondary N) is 1. The predicted octanol–water partition coefficient (Wildman–Crippen LogP) is 3.31. The Balaban J connectivity index is 2.67. The second-order valence-electron chi connectivity index (χ2n) is 5.08. The van der Waals surface area contributed by atoms with Crippen LogP contribution in [0.1, 0.15) is 26.7 Å². The molecule has 0 atom stereocenters. The van der Waals surface area contributed by atoms with Crippen molar-refractivity contribution in [2.24, 2.45) is 5.41 Å². The molecule has 0 aliphatic heterocycles. The molecule has 1 rings (SSSR count). The molecule has 0 aromatic heterocycles. The highest BCUT2D eigenvalue weighted by Crippen LogP contribution is 2.27. The summed E-state index contributed by atoms with van der Waals surface area (Å²) in [5.41, 5.74) is -0.359. The van der Waals surface area contributed by atoms with E-state index in [1.807, 2.05) is 0 Å². The quantitative estimate of drug-likeness (QED) is 0.873. The molecule has 0 saturated heterocycles. The Morgan fingerprint density at radius 1 is 1.37 bits per heavy atom. The van der Waals surface area contributed by atoms with Gasteiger partial charge in [-0.05, 0) is 23.6 Å². The van der Waals surface area contributed by atoms with Gasteiger partial charge in [-0.3, -0.25) is 9.59 Å². The van der Waals surface area contributed by atoms with E-state index < -0.39 is 17.2 Å². The number of anilines is 1. The minimum absolute atomic E-state index is 0.0347. The zero-order chi connectivity index (χ0) is 14.6. The molecule has 0 fully saturated rings. The van der Waals surface area contributed by atoms with Crippen molar-refractivity contribution in [2.75, 3.05) is 5.32 Å². The first-order valence-corrected chi connectivity index (χ1v) is 6.04. The molecule has 4 nitrogen and oxygen atoms in total. The monoisotopic (exact) mass is 287 g/mol. The number of carbonyl (C=O) groups is 2. The molecule has 0 unspecified atom stereocenters. The number of halogens is 2. The van der Waals surface area contributed by atoms with Crippen LogP contribution in [0, 0.1) is 11.2 Å². The van der Waals surface area contributed by atoms with E-state index >= 15 is 0 Å². The zero-order valence-corrected chi connectivity index (χ0v) is 11.4. The smallest absolute Gasteiger partial charge is 0.303 e. The highest BCUT2D eigenvalue weighted by Gasteiger charge is 2.25. The largest absolute Gasteiger partial charge is 0.481 e. The van der Waals surface area contributed by atoms with Crippen molar-refractivity contribution in [1.82, 2.24) is 0 Å². The molecule has 0 heterocycles. The number of carbonyl (C=O) groups excluding carboxylic acids is 1. The molecular weight excluding hydrogens is 273 g/mol. The van der Waals surface area contributed by atoms with Crippen LogP contribution in [0.5, 0.6) is 0 Å². The van der Waals surface area contributed by atoms with Crippen LogP contribution in [0.4, 0.5) is 10.1 Å². The summed E-state index contributed by atoms with van der Waals surface area (Å²) in [6.07, 6.45) is -0.0788. The Kier molecular flexibility index (Phi) is 4.89. The van der Waals surface area contributed by atoms with Crippen LogP contribution in [0.15, 0.2) is 18.2 Å². The molecular formula is C13H15ClFNO3. The summed E-state index contributed by atoms with van der Waals surface area (Å²) >= 11 is 5.78. The molecule has 2 N–H and O–H groups in total. The third kappa shape index (κ3) is 5.26. The van der Waals surface area contributed by atoms with Crippen LogP contribution >= 0.6 is 11.6 Å². The van der Waals surface area contributed by atoms with Crippen LogP contribution < -0.4 is 5.32 Å². The van der Waals surface area contributed by atoms with Crippen LogP contribution in [-0.4, -0.2) is 17.0 Å². The molecule has 0 saturated carbocycles. The number of amides is 1. The van der Waals surface area contributed by atoms with Gasteiger partial charge in [-0.1, -0.05) is 25.4 Å². The molecule has 0 aliphatic rings. The van der Waals surface area contributed by atoms with E-state index in [2.05, 4.69) is 5.32 Å². The lowest BCUT2D eigenvalue weighted by Gasteiger charge is -2.21. The summed E-state index contributed by atoms with van der Waals surface area (Å²) in [7, 11) is 0. The average Bonchev–Trinajstić information content (AvgIpc) is 2.19. The van der Waals surface area contributed by atoms with E-state index in [0.29, 0.717) is 5.69 Å². The maximum absolute atomic E-state index is 12.8. The Labute approximate surface area is 115 Å². The molecule has 1 aromatic rings. The fourth-order valence-corrected chi connectivity index (χ4v) is 1.91. The highest BCUT2D eigenvalue weighted by molar-refractivity contribution is 6.33. The Hall–Kier alpha value is -1.62. The zero-order valence-electron chi connectivity index (χ0n) is 10.7. The Morgan fingerprint density at radius 3 is 2.53 bits per heavy atom. The minimum Gasteiger partial charge on any atom is -0.481 e. The SMILES string of the molecule is CC(C)(CC(=O)O)CC(=O)Nc1ccc(F)cc1Cl. The second-order valence-corrected chi connectivity index (χ2v) is 5.49. The summed E-state index contributed by atoms with van der Waals surface area (Å²) in [6, 6.07) is 3.64. The topological polar surface area (TPSA) is 66.4 Å². The van der Waals surface area contributed by atoms with Gasteiger partial charge in [0.15, 0.2) is 0 Å². The first-order valence-electron chi connectivity index (χ1n) is 5.66. The third-order valence-electron chi connectivity index (χ3n) is 2.47. The molecule has 104 valence electrons. The van der Waals surface area contributed by atoms with Crippen LogP contribution in [0.25, 0.3) is 0 Å². The van der Waals surface area contributed by atoms with Gasteiger partial charge in [0.2, 0.25) is 5.91 Å². The Bertz CT molecular complexity index is 503. The van der Waals surface area contributed by atoms with Crippen LogP contribution in [0.3, 0.4) is 0 Å². The third-order valence-corrected chi connectivity index (χ3v) is 2.79. The van der Waals surface area contributed by atoms with Crippen LogP contribution in [-0.2, 0) is 9.59 Å². The lowest BCUT2D eigenvalue weighted by atomic mass is 9.85. The van der Waals surface area contributed by atoms with E-state index in [1.54, 1.807) is 13.8 Å². The first kappa shape index (κ1) is 15.4. The molecule has 0 aliphatic carbocycles. The molecule has 0 bridgehead atoms. The van der Waals surface area contributed by atoms with Gasteiger partial charge in [0.1, 0.15) is 5.82 Å². The van der Waals surface area contributed by atoms with Crippen molar-refractivity contribution >= 4 is 29.2 Å². The summed E-state index contributed by atoms with van der Waals surface area (Å²) in [6.45, 7) is 3.37. The maximum atomic E-state index is 12.8. The number of hydrogen-bond donors (Lipinski definition) is 2. The van der Waals surface area contributed by atoms with Gasteiger partial charge in [0.05, 0.1) is 17.1 Å². The van der Waals surface area contributed by atoms with Crippen molar-refractivity contribution in [3.63, 3.8) is 0 Å². The molecule has 6 heteroatoms. The number of hydrogen-bond acceptors (Lipinski definition) is 2. The maximum Gasteiger partial charge on any atom is 0.303 e. The van der Waals surface area contributed by atoms with E-state index in [1.165, 1.54) is 12.1 Å². The number of benzene rings is 1. The van der Waals surface area contributed by atoms with Gasteiger partial charge in [-0.2, -0.15) is 0 Å². The minimum atomic E-state index is -0.961. The standard InChI is InChI=1S/C13H15ClFNO3/c1-13(2,7-12(18)19)6-11(17)16-10-4-3-8(15)5-9(10)14/h3-5H,6-7H2,1-2H3,(H,16,17)(H,18,19). The summed E-state index contributed by atoms with van der Waals surface area (Å²) < 4.78 is 12.8. The Morgan fingerprint density at radius 2 is 2.00 bits per heavy atom. The van der Waals surface area contributed by atoms with E-state index in [-0.39, 0.29) is 23.8 Å². The highest BCUT2D eigenvalue weighted by atomic mass is 35.5. The number of aliphatic carboxylic acids is 1. The molecule has 0 spiro atoms. The average molecular weight is 288 g/mol. The van der Waals surface area contributed by atoms with Gasteiger partial charge in [0, 0.05) is 6.42 Å². The van der Waals surface area contributed by atoms with Crippen LogP contribution in [0.2, 0.25) is 5.02 Å². The van der Waals surface area contributed by atoms with Crippen molar-refractivity contribution in [1.29, 1.82) is 0 Å². The lowest BCUT2D eigenvalue weighted by molar-refractivity contribution is -0.139. The lowest BCUT2D eigenvalue weighted by Crippen LogP contribution is -2.24. The second kappa shape index (κ2) is 6.02. The summed E-state index contributed by atoms with van der Waals surface area (Å²) in [4.78, 5) is 22.4. The van der Waals surface area contributed by atoms with Crippen molar-refractivity contribution in [3.8, 4) is 0 Å². The first-order chi connectivity index (χ1) is 8.69. The van der Waals surface area contributed by atoms with E-state index in [4.69, 9.17) is 16.7 Å². The molecule has 0 radical (unpaired) electrons. The van der Waals surface area contributed by atoms with Gasteiger partial charge >= 0.3 is 5.97 Å². The van der Waals surface area contributed by atoms with Gasteiger partial charge in [-0.15, -0.1) is 0 Å². The fraction of sp³-hybridized carbons (Fsp3) is 0.385. The van der Waals surface area contributed by atoms with Crippen molar-refractivity contribution in [2.45, 2.75) is 26.7 Å². The van der Waals surface area contributed by atoms with Gasteiger partial charge in [-0.25, -0.2) is 4.39 Å². The molecule has 1 aromatic carbocycles. The number of carboxylic acids is 1. The predicted molar refractivity (Wildman–Crippen MR) is 70.7 cm³/mol. The summed E-state index contributed by atoms with van der Waals surface area (Å²) in [5, 5.41) is 11.4. The number of rotatable bonds is 5. The summed E-state index contributed by atoms with van der Waals surface area (Å²) in [5.74, 6) is -1.81. The van der Waals surface area contributed by atoms with Crippen molar-refractivity contribution in [3.05, 3.63) is 29.0 Å². The fourth-order valence-electron chi connectivity index (χ4n) is 1.69. The van der Waals surface area contributed by atoms with Crippen molar-refractivity contribution < 1.29 is 19.1 Å². The van der Waals surface area contributed by atoms with E-state index in [9.17, 15) is 14.0 Å². The number of carboxylic acid groups (broad SMARTS) is 1.